The first-order valence-electron chi connectivity index (χ1n) is 10.2. The lowest BCUT2D eigenvalue weighted by atomic mass is 10.1. The number of hydrogen-bond acceptors (Lipinski definition) is 4. The summed E-state index contributed by atoms with van der Waals surface area (Å²) in [7, 11) is 1.29. The molecular formula is C22H36O4. The van der Waals surface area contributed by atoms with Crippen molar-refractivity contribution in [1.82, 2.24) is 0 Å². The lowest BCUT2D eigenvalue weighted by molar-refractivity contribution is 0.0597. The number of aromatic hydroxyl groups is 1. The predicted octanol–water partition coefficient (Wildman–Crippen LogP) is 6.26. The molecule has 26 heavy (non-hydrogen) atoms. The Labute approximate surface area is 158 Å². The van der Waals surface area contributed by atoms with Gasteiger partial charge in [-0.05, 0) is 18.6 Å². The first-order valence-corrected chi connectivity index (χ1v) is 10.2. The van der Waals surface area contributed by atoms with E-state index in [2.05, 4.69) is 11.7 Å². The number of phenols is 1. The first-order chi connectivity index (χ1) is 12.7. The average Bonchev–Trinajstić information content (AvgIpc) is 2.65. The molecule has 0 heterocycles. The topological polar surface area (TPSA) is 55.8 Å². The molecule has 0 aliphatic rings. The molecule has 0 spiro atoms. The van der Waals surface area contributed by atoms with Crippen molar-refractivity contribution >= 4 is 5.97 Å². The molecule has 1 aromatic carbocycles. The summed E-state index contributed by atoms with van der Waals surface area (Å²) in [5, 5.41) is 9.82. The van der Waals surface area contributed by atoms with Crippen LogP contribution in [0.2, 0.25) is 0 Å². The number of esters is 1. The molecule has 1 rings (SSSR count). The lowest BCUT2D eigenvalue weighted by Gasteiger charge is -2.08. The Morgan fingerprint density at radius 3 is 1.92 bits per heavy atom. The molecule has 0 aliphatic carbocycles. The monoisotopic (exact) mass is 364 g/mol. The van der Waals surface area contributed by atoms with Crippen LogP contribution in [0.1, 0.15) is 94.3 Å². The Kier molecular flexibility index (Phi) is 12.4. The van der Waals surface area contributed by atoms with E-state index in [0.29, 0.717) is 12.4 Å². The third kappa shape index (κ3) is 9.69. The van der Waals surface area contributed by atoms with Gasteiger partial charge in [0.2, 0.25) is 0 Å². The normalized spacial score (nSPS) is 10.7. The molecule has 4 nitrogen and oxygen atoms in total. The van der Waals surface area contributed by atoms with Gasteiger partial charge >= 0.3 is 5.97 Å². The largest absolute Gasteiger partial charge is 0.507 e. The van der Waals surface area contributed by atoms with Gasteiger partial charge in [0.25, 0.3) is 0 Å². The summed E-state index contributed by atoms with van der Waals surface area (Å²) < 4.78 is 10.2. The molecule has 0 amide bonds. The Morgan fingerprint density at radius 1 is 0.885 bits per heavy atom. The number of carbonyl (C=O) groups is 1. The number of benzene rings is 1. The lowest BCUT2D eigenvalue weighted by Crippen LogP contribution is -2.02. The summed E-state index contributed by atoms with van der Waals surface area (Å²) in [6.45, 7) is 2.89. The highest BCUT2D eigenvalue weighted by Gasteiger charge is 2.11. The second-order valence-corrected chi connectivity index (χ2v) is 6.91. The summed E-state index contributed by atoms with van der Waals surface area (Å²) in [4.78, 5) is 11.4. The van der Waals surface area contributed by atoms with E-state index >= 15 is 0 Å². The van der Waals surface area contributed by atoms with E-state index in [9.17, 15) is 9.90 Å². The number of rotatable bonds is 15. The third-order valence-corrected chi connectivity index (χ3v) is 4.64. The van der Waals surface area contributed by atoms with Crippen molar-refractivity contribution in [3.63, 3.8) is 0 Å². The molecule has 1 N–H and O–H groups in total. The first kappa shape index (κ1) is 22.3. The summed E-state index contributed by atoms with van der Waals surface area (Å²) in [5.41, 5.74) is 0.158. The fourth-order valence-corrected chi connectivity index (χ4v) is 3.02. The van der Waals surface area contributed by atoms with Crippen molar-refractivity contribution in [2.45, 2.75) is 84.0 Å². The second-order valence-electron chi connectivity index (χ2n) is 6.91. The highest BCUT2D eigenvalue weighted by atomic mass is 16.5. The number of carbonyl (C=O) groups excluding carboxylic acids is 1. The number of methoxy groups -OCH3 is 1. The molecule has 1 aromatic rings. The van der Waals surface area contributed by atoms with Crippen LogP contribution in [0.3, 0.4) is 0 Å². The average molecular weight is 365 g/mol. The van der Waals surface area contributed by atoms with Crippen LogP contribution in [0.25, 0.3) is 0 Å². The van der Waals surface area contributed by atoms with Gasteiger partial charge in [0.05, 0.1) is 13.7 Å². The zero-order valence-corrected chi connectivity index (χ0v) is 16.6. The van der Waals surface area contributed by atoms with Gasteiger partial charge < -0.3 is 14.6 Å². The van der Waals surface area contributed by atoms with Gasteiger partial charge in [-0.1, -0.05) is 77.6 Å². The highest BCUT2D eigenvalue weighted by molar-refractivity contribution is 5.92. The second kappa shape index (κ2) is 14.5. The molecule has 0 saturated heterocycles. The Hall–Kier alpha value is -1.71. The molecule has 0 atom stereocenters. The number of hydrogen-bond donors (Lipinski definition) is 1. The molecule has 0 fully saturated rings. The standard InChI is InChI=1S/C22H36O4/c1-3-4-5-6-7-8-9-10-11-12-13-14-17-26-19-15-16-20(21(23)18-19)22(24)25-2/h15-16,18,23H,3-14,17H2,1-2H3. The minimum atomic E-state index is -0.546. The van der Waals surface area contributed by atoms with Crippen molar-refractivity contribution in [2.24, 2.45) is 0 Å². The van der Waals surface area contributed by atoms with Gasteiger partial charge in [-0.15, -0.1) is 0 Å². The zero-order valence-electron chi connectivity index (χ0n) is 16.6. The zero-order chi connectivity index (χ0) is 19.0. The smallest absolute Gasteiger partial charge is 0.341 e. The van der Waals surface area contributed by atoms with Gasteiger partial charge in [0, 0.05) is 6.07 Å². The van der Waals surface area contributed by atoms with Crippen LogP contribution < -0.4 is 4.74 Å². The van der Waals surface area contributed by atoms with Gasteiger partial charge in [0.15, 0.2) is 0 Å². The Bertz CT molecular complexity index is 499. The minimum absolute atomic E-state index is 0.107. The molecular weight excluding hydrogens is 328 g/mol. The molecule has 4 heteroatoms. The molecule has 0 radical (unpaired) electrons. The van der Waals surface area contributed by atoms with Crippen molar-refractivity contribution in [3.05, 3.63) is 23.8 Å². The van der Waals surface area contributed by atoms with Gasteiger partial charge in [0.1, 0.15) is 17.1 Å². The minimum Gasteiger partial charge on any atom is -0.507 e. The maximum atomic E-state index is 11.4. The van der Waals surface area contributed by atoms with E-state index in [1.807, 2.05) is 0 Å². The van der Waals surface area contributed by atoms with E-state index in [4.69, 9.17) is 4.74 Å². The summed E-state index contributed by atoms with van der Waals surface area (Å²) in [6.07, 6.45) is 15.8. The van der Waals surface area contributed by atoms with Crippen LogP contribution in [0.5, 0.6) is 11.5 Å². The third-order valence-electron chi connectivity index (χ3n) is 4.64. The van der Waals surface area contributed by atoms with Crippen LogP contribution in [0.4, 0.5) is 0 Å². The van der Waals surface area contributed by atoms with E-state index in [1.54, 1.807) is 6.07 Å². The number of unbranched alkanes of at least 4 members (excludes halogenated alkanes) is 11. The van der Waals surface area contributed by atoms with Gasteiger partial charge in [-0.3, -0.25) is 0 Å². The SMILES string of the molecule is CCCCCCCCCCCCCCOc1ccc(C(=O)OC)c(O)c1. The Balaban J connectivity index is 1.99. The summed E-state index contributed by atoms with van der Waals surface area (Å²) in [5.74, 6) is -0.0720. The van der Waals surface area contributed by atoms with E-state index in [1.165, 1.54) is 89.9 Å². The fourth-order valence-electron chi connectivity index (χ4n) is 3.02. The molecule has 0 bridgehead atoms. The summed E-state index contributed by atoms with van der Waals surface area (Å²) in [6, 6.07) is 4.68. The molecule has 0 saturated carbocycles. The predicted molar refractivity (Wildman–Crippen MR) is 106 cm³/mol. The van der Waals surface area contributed by atoms with E-state index in [-0.39, 0.29) is 11.3 Å². The van der Waals surface area contributed by atoms with Crippen LogP contribution >= 0.6 is 0 Å². The van der Waals surface area contributed by atoms with Crippen molar-refractivity contribution in [3.8, 4) is 11.5 Å². The van der Waals surface area contributed by atoms with Crippen molar-refractivity contribution in [2.75, 3.05) is 13.7 Å². The van der Waals surface area contributed by atoms with Gasteiger partial charge in [-0.25, -0.2) is 4.79 Å². The quantitative estimate of drug-likeness (QED) is 0.295. The number of ether oxygens (including phenoxy) is 2. The molecule has 148 valence electrons. The maximum absolute atomic E-state index is 11.4. The maximum Gasteiger partial charge on any atom is 0.341 e. The van der Waals surface area contributed by atoms with Crippen LogP contribution in [-0.4, -0.2) is 24.8 Å². The van der Waals surface area contributed by atoms with Crippen LogP contribution in [0, 0.1) is 0 Å². The van der Waals surface area contributed by atoms with E-state index in [0.717, 1.165) is 6.42 Å². The molecule has 0 unspecified atom stereocenters. The highest BCUT2D eigenvalue weighted by Crippen LogP contribution is 2.24. The van der Waals surface area contributed by atoms with Crippen molar-refractivity contribution in [1.29, 1.82) is 0 Å². The van der Waals surface area contributed by atoms with Crippen molar-refractivity contribution < 1.29 is 19.4 Å². The molecule has 0 aliphatic heterocycles. The van der Waals surface area contributed by atoms with Crippen LogP contribution in [0.15, 0.2) is 18.2 Å². The Morgan fingerprint density at radius 2 is 1.42 bits per heavy atom. The number of phenolic OH excluding ortho intramolecular Hbond substituents is 1. The summed E-state index contributed by atoms with van der Waals surface area (Å²) >= 11 is 0. The molecule has 0 aromatic heterocycles. The van der Waals surface area contributed by atoms with E-state index < -0.39 is 5.97 Å². The van der Waals surface area contributed by atoms with Gasteiger partial charge in [-0.2, -0.15) is 0 Å². The van der Waals surface area contributed by atoms with Crippen LogP contribution in [-0.2, 0) is 4.74 Å². The fraction of sp³-hybridized carbons (Fsp3) is 0.682.